The minimum atomic E-state index is -0.398. The maximum absolute atomic E-state index is 8.60. The lowest BCUT2D eigenvalue weighted by Crippen LogP contribution is -2.10. The number of hydrogen-bond donors (Lipinski definition) is 0. The van der Waals surface area contributed by atoms with Crippen molar-refractivity contribution >= 4 is 81.7 Å². The number of nitrogens with zero attached hydrogens (tertiary/aromatic N) is 1. The van der Waals surface area contributed by atoms with Gasteiger partial charge in [-0.2, -0.15) is 0 Å². The molecule has 0 spiro atoms. The number of fused-ring (bicyclic) bond motifs is 12. The van der Waals surface area contributed by atoms with Crippen LogP contribution in [0, 0.1) is 0 Å². The van der Waals surface area contributed by atoms with Gasteiger partial charge in [-0.05, 0) is 112 Å². The molecule has 0 unspecified atom stereocenters. The van der Waals surface area contributed by atoms with E-state index in [0.717, 1.165) is 27.8 Å². The van der Waals surface area contributed by atoms with E-state index in [-0.39, 0.29) is 29.7 Å². The summed E-state index contributed by atoms with van der Waals surface area (Å²) < 4.78 is 41.8. The van der Waals surface area contributed by atoms with Gasteiger partial charge in [-0.15, -0.1) is 0 Å². The Balaban J connectivity index is 1.23. The van der Waals surface area contributed by atoms with Crippen molar-refractivity contribution < 1.29 is 6.85 Å². The molecule has 0 aromatic heterocycles. The van der Waals surface area contributed by atoms with Crippen molar-refractivity contribution in [3.8, 4) is 11.1 Å². The molecule has 0 heterocycles. The first-order valence-corrected chi connectivity index (χ1v) is 16.5. The molecule has 228 valence electrons. The van der Waals surface area contributed by atoms with Crippen LogP contribution in [-0.2, 0) is 0 Å². The fraction of sp³-hybridized carbons (Fsp3) is 0. The molecule has 10 rings (SSSR count). The van der Waals surface area contributed by atoms with Crippen molar-refractivity contribution in [3.05, 3.63) is 188 Å². The lowest BCUT2D eigenvalue weighted by molar-refractivity contribution is 1.30. The summed E-state index contributed by atoms with van der Waals surface area (Å²) in [4.78, 5) is 2.25. The van der Waals surface area contributed by atoms with Crippen molar-refractivity contribution in [2.24, 2.45) is 0 Å². The van der Waals surface area contributed by atoms with Gasteiger partial charge in [-0.25, -0.2) is 0 Å². The second-order valence-corrected chi connectivity index (χ2v) is 12.5. The van der Waals surface area contributed by atoms with Crippen LogP contribution in [0.4, 0.5) is 17.1 Å². The molecule has 0 atom stereocenters. The van der Waals surface area contributed by atoms with Gasteiger partial charge in [0.15, 0.2) is 0 Å². The minimum Gasteiger partial charge on any atom is -0.310 e. The average Bonchev–Trinajstić information content (AvgIpc) is 3.23. The quantitative estimate of drug-likeness (QED) is 0.176. The number of benzene rings is 10. The molecule has 0 bridgehead atoms. The summed E-state index contributed by atoms with van der Waals surface area (Å²) in [5.74, 6) is 0. The largest absolute Gasteiger partial charge is 0.310 e. The highest BCUT2D eigenvalue weighted by atomic mass is 15.1. The molecule has 49 heavy (non-hydrogen) atoms. The molecule has 0 aliphatic heterocycles. The summed E-state index contributed by atoms with van der Waals surface area (Å²) in [6.45, 7) is 0. The van der Waals surface area contributed by atoms with Crippen LogP contribution in [0.15, 0.2) is 188 Å². The molecular weight excluding hydrogens is 591 g/mol. The van der Waals surface area contributed by atoms with Gasteiger partial charge in [0, 0.05) is 17.1 Å². The fourth-order valence-electron chi connectivity index (χ4n) is 7.69. The van der Waals surface area contributed by atoms with Gasteiger partial charge in [-0.1, -0.05) is 152 Å². The van der Waals surface area contributed by atoms with Crippen molar-refractivity contribution in [1.82, 2.24) is 0 Å². The van der Waals surface area contributed by atoms with Crippen molar-refractivity contribution in [2.75, 3.05) is 4.90 Å². The second-order valence-electron chi connectivity index (χ2n) is 12.5. The third-order valence-electron chi connectivity index (χ3n) is 9.89. The molecular formula is C48H31N. The van der Waals surface area contributed by atoms with Gasteiger partial charge in [-0.3, -0.25) is 0 Å². The van der Waals surface area contributed by atoms with E-state index < -0.39 is 6.04 Å². The zero-order valence-corrected chi connectivity index (χ0v) is 26.5. The molecule has 0 amide bonds. The van der Waals surface area contributed by atoms with E-state index in [1.807, 2.05) is 24.3 Å². The molecule has 0 saturated carbocycles. The van der Waals surface area contributed by atoms with Crippen LogP contribution >= 0.6 is 0 Å². The average molecular weight is 627 g/mol. The highest BCUT2D eigenvalue weighted by Crippen LogP contribution is 2.43. The number of anilines is 3. The Hall–Kier alpha value is -6.44. The van der Waals surface area contributed by atoms with Gasteiger partial charge in [0.1, 0.15) is 0 Å². The van der Waals surface area contributed by atoms with Crippen LogP contribution in [0.3, 0.4) is 0 Å². The number of hydrogen-bond acceptors (Lipinski definition) is 1. The van der Waals surface area contributed by atoms with Crippen LogP contribution in [-0.4, -0.2) is 0 Å². The molecule has 0 fully saturated rings. The third kappa shape index (κ3) is 4.40. The Labute approximate surface area is 291 Å². The summed E-state index contributed by atoms with van der Waals surface area (Å²) in [5, 5.41) is 14.3. The van der Waals surface area contributed by atoms with Crippen LogP contribution in [0.2, 0.25) is 0 Å². The Bertz CT molecular complexity index is 2910. The summed E-state index contributed by atoms with van der Waals surface area (Å²) in [6, 6.07) is 53.8. The monoisotopic (exact) mass is 626 g/mol. The molecule has 0 aliphatic rings. The van der Waals surface area contributed by atoms with Crippen molar-refractivity contribution in [1.29, 1.82) is 0 Å². The normalized spacial score (nSPS) is 13.1. The molecule has 0 N–H and O–H groups in total. The summed E-state index contributed by atoms with van der Waals surface area (Å²) in [7, 11) is 0. The van der Waals surface area contributed by atoms with Crippen molar-refractivity contribution in [3.63, 3.8) is 0 Å². The molecule has 0 saturated heterocycles. The van der Waals surface area contributed by atoms with Crippen molar-refractivity contribution in [2.45, 2.75) is 0 Å². The molecule has 0 aliphatic carbocycles. The van der Waals surface area contributed by atoms with Gasteiger partial charge in [0.05, 0.1) is 6.85 Å². The lowest BCUT2D eigenvalue weighted by atomic mass is 9.93. The number of rotatable bonds is 4. The van der Waals surface area contributed by atoms with Gasteiger partial charge in [0.2, 0.25) is 0 Å². The van der Waals surface area contributed by atoms with Gasteiger partial charge < -0.3 is 4.90 Å². The standard InChI is InChI=1S/C48H31N/c1-2-12-32(13-3-1)33-22-24-34(25-23-33)49(35-26-28-45-41-18-6-4-14-37(41)39-16-8-10-20-43(39)47(45)30-35)36-27-29-46-42-19-7-5-15-38(42)40-17-9-11-21-44(40)48(46)31-36/h1-31H/i1D,2D,3D,12D,13D. The Morgan fingerprint density at radius 1 is 0.286 bits per heavy atom. The van der Waals surface area contributed by atoms with E-state index in [2.05, 4.69) is 138 Å². The molecule has 10 aromatic rings. The van der Waals surface area contributed by atoms with Crippen LogP contribution in [0.25, 0.3) is 75.8 Å². The first kappa shape index (κ1) is 23.0. The van der Waals surface area contributed by atoms with Gasteiger partial charge >= 0.3 is 0 Å². The fourth-order valence-corrected chi connectivity index (χ4v) is 7.69. The Kier molecular flexibility index (Phi) is 5.20. The molecule has 1 heteroatoms. The third-order valence-corrected chi connectivity index (χ3v) is 9.89. The maximum Gasteiger partial charge on any atom is 0.0629 e. The van der Waals surface area contributed by atoms with Crippen LogP contribution in [0.5, 0.6) is 0 Å². The lowest BCUT2D eigenvalue weighted by Gasteiger charge is -2.27. The van der Waals surface area contributed by atoms with E-state index in [1.165, 1.54) is 53.9 Å². The first-order valence-electron chi connectivity index (χ1n) is 19.0. The van der Waals surface area contributed by atoms with E-state index in [4.69, 9.17) is 6.85 Å². The van der Waals surface area contributed by atoms with Crippen LogP contribution < -0.4 is 4.90 Å². The van der Waals surface area contributed by atoms with E-state index in [0.29, 0.717) is 5.56 Å². The highest BCUT2D eigenvalue weighted by Gasteiger charge is 2.18. The smallest absolute Gasteiger partial charge is 0.0629 e. The predicted octanol–water partition coefficient (Wildman–Crippen LogP) is 13.7. The van der Waals surface area contributed by atoms with E-state index in [1.54, 1.807) is 0 Å². The zero-order chi connectivity index (χ0) is 36.7. The minimum absolute atomic E-state index is 0.187. The second kappa shape index (κ2) is 11.1. The topological polar surface area (TPSA) is 3.24 Å². The van der Waals surface area contributed by atoms with E-state index >= 15 is 0 Å². The van der Waals surface area contributed by atoms with E-state index in [9.17, 15) is 0 Å². The SMILES string of the molecule is [2H]c1c([2H])c([2H])c(-c2ccc(N(c3ccc4c5ccccc5c5ccccc5c4c3)c3ccc4c5ccccc5c5ccccc5c4c3)cc2)c([2H])c1[2H]. The maximum atomic E-state index is 8.60. The summed E-state index contributed by atoms with van der Waals surface area (Å²) >= 11 is 0. The Morgan fingerprint density at radius 3 is 1.00 bits per heavy atom. The van der Waals surface area contributed by atoms with Gasteiger partial charge in [0.25, 0.3) is 0 Å². The van der Waals surface area contributed by atoms with Crippen LogP contribution in [0.1, 0.15) is 6.85 Å². The first-order chi connectivity index (χ1) is 26.4. The summed E-state index contributed by atoms with van der Waals surface area (Å²) in [6.07, 6.45) is 0. The predicted molar refractivity (Wildman–Crippen MR) is 212 cm³/mol. The molecule has 0 radical (unpaired) electrons. The summed E-state index contributed by atoms with van der Waals surface area (Å²) in [5.41, 5.74) is 3.57. The zero-order valence-electron chi connectivity index (χ0n) is 31.5. The Morgan fingerprint density at radius 2 is 0.612 bits per heavy atom. The molecule has 10 aromatic carbocycles. The highest BCUT2D eigenvalue weighted by molar-refractivity contribution is 6.27. The molecule has 1 nitrogen and oxygen atoms in total.